The van der Waals surface area contributed by atoms with Gasteiger partial charge in [-0.05, 0) is 86.5 Å². The van der Waals surface area contributed by atoms with E-state index in [0.717, 1.165) is 11.1 Å². The Hall–Kier alpha value is -5.17. The summed E-state index contributed by atoms with van der Waals surface area (Å²) < 4.78 is 49.4. The summed E-state index contributed by atoms with van der Waals surface area (Å²) >= 11 is 0. The molecule has 12 nitrogen and oxygen atoms in total. The molecule has 0 spiro atoms. The van der Waals surface area contributed by atoms with Crippen molar-refractivity contribution in [2.75, 3.05) is 52.9 Å². The summed E-state index contributed by atoms with van der Waals surface area (Å²) in [4.78, 5) is 35.4. The van der Waals surface area contributed by atoms with Crippen LogP contribution in [-0.2, 0) is 33.3 Å². The number of hydrogen-bond donors (Lipinski definition) is 0. The predicted molar refractivity (Wildman–Crippen MR) is 181 cm³/mol. The van der Waals surface area contributed by atoms with Gasteiger partial charge in [0.25, 0.3) is 0 Å². The molecule has 0 bridgehead atoms. The highest BCUT2D eigenvalue weighted by atomic mass is 16.8. The molecule has 3 aromatic rings. The molecule has 0 amide bonds. The number of epoxide rings is 1. The second kappa shape index (κ2) is 19.1. The molecule has 0 aliphatic carbocycles. The van der Waals surface area contributed by atoms with Gasteiger partial charge in [0.2, 0.25) is 6.29 Å². The molecule has 50 heavy (non-hydrogen) atoms. The van der Waals surface area contributed by atoms with Crippen molar-refractivity contribution in [1.29, 1.82) is 0 Å². The van der Waals surface area contributed by atoms with Crippen molar-refractivity contribution in [2.24, 2.45) is 0 Å². The van der Waals surface area contributed by atoms with Gasteiger partial charge in [0.15, 0.2) is 0 Å². The van der Waals surface area contributed by atoms with Gasteiger partial charge in [-0.15, -0.1) is 0 Å². The molecule has 0 radical (unpaired) electrons. The molecule has 12 heteroatoms. The van der Waals surface area contributed by atoms with Crippen LogP contribution in [0.3, 0.4) is 0 Å². The number of aryl methyl sites for hydroxylation is 1. The second-order valence-electron chi connectivity index (χ2n) is 11.2. The Balaban J connectivity index is 1.12. The van der Waals surface area contributed by atoms with E-state index in [1.165, 1.54) is 0 Å². The van der Waals surface area contributed by atoms with Gasteiger partial charge in [-0.1, -0.05) is 25.3 Å². The normalized spacial score (nSPS) is 14.6. The molecule has 266 valence electrons. The van der Waals surface area contributed by atoms with E-state index >= 15 is 0 Å². The van der Waals surface area contributed by atoms with Gasteiger partial charge >= 0.3 is 17.9 Å². The highest BCUT2D eigenvalue weighted by Crippen LogP contribution is 2.41. The van der Waals surface area contributed by atoms with Gasteiger partial charge in [0, 0.05) is 11.1 Å². The molecule has 1 heterocycles. The summed E-state index contributed by atoms with van der Waals surface area (Å²) in [5, 5.41) is 0. The van der Waals surface area contributed by atoms with Crippen LogP contribution in [0.1, 0.15) is 41.4 Å². The van der Waals surface area contributed by atoms with Crippen LogP contribution in [0.15, 0.2) is 91.0 Å². The van der Waals surface area contributed by atoms with Gasteiger partial charge < -0.3 is 42.6 Å². The van der Waals surface area contributed by atoms with Crippen LogP contribution in [0, 0.1) is 6.92 Å². The zero-order valence-electron chi connectivity index (χ0n) is 28.5. The summed E-state index contributed by atoms with van der Waals surface area (Å²) in [6.07, 6.45) is -0.663. The predicted octanol–water partition coefficient (Wildman–Crippen LogP) is 5.72. The summed E-state index contributed by atoms with van der Waals surface area (Å²) in [5.74, 6) is 0.859. The monoisotopic (exact) mass is 690 g/mol. The Kier molecular flexibility index (Phi) is 14.4. The lowest BCUT2D eigenvalue weighted by Gasteiger charge is -2.10. The molecule has 1 saturated heterocycles. The zero-order valence-corrected chi connectivity index (χ0v) is 28.5. The minimum absolute atomic E-state index is 0.139. The fraction of sp³-hybridized carbons (Fsp3) is 0.342. The number of carbonyl (C=O) groups excluding carboxylic acids is 3. The topological polar surface area (TPSA) is 138 Å². The average Bonchev–Trinajstić information content (AvgIpc) is 3.87. The first kappa shape index (κ1) is 37.6. The Morgan fingerprint density at radius 2 is 1.16 bits per heavy atom. The second-order valence-corrected chi connectivity index (χ2v) is 11.2. The molecular formula is C38H42O12. The number of esters is 3. The van der Waals surface area contributed by atoms with Gasteiger partial charge in [-0.25, -0.2) is 14.4 Å². The molecule has 2 atom stereocenters. The fourth-order valence-corrected chi connectivity index (χ4v) is 4.25. The Morgan fingerprint density at radius 1 is 0.660 bits per heavy atom. The third kappa shape index (κ3) is 12.4. The molecule has 1 aliphatic heterocycles. The zero-order chi connectivity index (χ0) is 35.9. The van der Waals surface area contributed by atoms with Crippen LogP contribution in [0.25, 0.3) is 0 Å². The van der Waals surface area contributed by atoms with Crippen LogP contribution in [0.5, 0.6) is 23.0 Å². The molecular weight excluding hydrogens is 648 g/mol. The van der Waals surface area contributed by atoms with E-state index in [1.54, 1.807) is 56.3 Å². The summed E-state index contributed by atoms with van der Waals surface area (Å²) in [5.41, 5.74) is 2.78. The highest BCUT2D eigenvalue weighted by molar-refractivity contribution is 5.91. The van der Waals surface area contributed by atoms with Crippen LogP contribution in [0.2, 0.25) is 0 Å². The van der Waals surface area contributed by atoms with Crippen molar-refractivity contribution in [1.82, 2.24) is 0 Å². The Labute approximate surface area is 291 Å². The van der Waals surface area contributed by atoms with Crippen LogP contribution in [-0.4, -0.2) is 77.1 Å². The number of ether oxygens (including phenoxy) is 9. The molecule has 0 saturated carbocycles. The number of rotatable bonds is 21. The quantitative estimate of drug-likeness (QED) is 0.0444. The van der Waals surface area contributed by atoms with Gasteiger partial charge in [-0.3, -0.25) is 0 Å². The number of benzene rings is 3. The molecule has 1 fully saturated rings. The molecule has 2 unspecified atom stereocenters. The lowest BCUT2D eigenvalue weighted by molar-refractivity contribution is -0.141. The van der Waals surface area contributed by atoms with Gasteiger partial charge in [-0.2, -0.15) is 0 Å². The van der Waals surface area contributed by atoms with E-state index in [1.807, 2.05) is 31.2 Å². The summed E-state index contributed by atoms with van der Waals surface area (Å²) in [6, 6.07) is 19.2. The van der Waals surface area contributed by atoms with Crippen molar-refractivity contribution in [3.63, 3.8) is 0 Å². The largest absolute Gasteiger partial charge is 0.491 e. The third-order valence-electron chi connectivity index (χ3n) is 6.96. The Bertz CT molecular complexity index is 1610. The highest BCUT2D eigenvalue weighted by Gasteiger charge is 2.43. The van der Waals surface area contributed by atoms with E-state index in [9.17, 15) is 14.4 Å². The lowest BCUT2D eigenvalue weighted by Crippen LogP contribution is -2.14. The fourth-order valence-electron chi connectivity index (χ4n) is 4.25. The van der Waals surface area contributed by atoms with Crippen LogP contribution >= 0.6 is 0 Å². The smallest absolute Gasteiger partial charge is 0.343 e. The summed E-state index contributed by atoms with van der Waals surface area (Å²) in [7, 11) is 0. The molecule has 0 N–H and O–H groups in total. The maximum absolute atomic E-state index is 12.7. The standard InChI is InChI=1S/C38H42O12/c1-25(2)35(39)46-22-18-42-16-20-44-30-10-6-28(7-11-30)34-38(50-34)49-33-15-14-32(24-27(33)5)48-37(41)29-8-12-31(13-9-29)45-21-17-43-19-23-47-36(40)26(3)4/h6-15,24,34,38H,1,3,16-23H2,2,4-5H3. The number of carbonyl (C=O) groups is 3. The van der Waals surface area contributed by atoms with Crippen LogP contribution in [0.4, 0.5) is 0 Å². The first-order valence-corrected chi connectivity index (χ1v) is 16.0. The minimum atomic E-state index is -0.510. The maximum atomic E-state index is 12.7. The van der Waals surface area contributed by atoms with E-state index in [-0.39, 0.29) is 39.1 Å². The molecule has 3 aromatic carbocycles. The molecule has 0 aromatic heterocycles. The van der Waals surface area contributed by atoms with Crippen molar-refractivity contribution >= 4 is 17.9 Å². The van der Waals surface area contributed by atoms with Crippen molar-refractivity contribution in [3.05, 3.63) is 108 Å². The van der Waals surface area contributed by atoms with Gasteiger partial charge in [0.1, 0.15) is 55.5 Å². The molecule has 4 rings (SSSR count). The number of hydrogen-bond acceptors (Lipinski definition) is 12. The van der Waals surface area contributed by atoms with Crippen LogP contribution < -0.4 is 18.9 Å². The van der Waals surface area contributed by atoms with E-state index < -0.39 is 24.2 Å². The first-order chi connectivity index (χ1) is 24.1. The van der Waals surface area contributed by atoms with Crippen molar-refractivity contribution in [3.8, 4) is 23.0 Å². The van der Waals surface area contributed by atoms with E-state index in [4.69, 9.17) is 42.6 Å². The average molecular weight is 691 g/mol. The summed E-state index contributed by atoms with van der Waals surface area (Å²) in [6.45, 7) is 14.2. The minimum Gasteiger partial charge on any atom is -0.491 e. The molecule has 1 aliphatic rings. The Morgan fingerprint density at radius 3 is 1.68 bits per heavy atom. The SMILES string of the molecule is C=C(C)C(=O)OCCOCCOc1ccc(C(=O)Oc2ccc(OC3OC3c3ccc(OCCOCCOC(=O)C(=C)C)cc3)c(C)c2)cc1. The van der Waals surface area contributed by atoms with Crippen molar-refractivity contribution < 1.29 is 57.0 Å². The third-order valence-corrected chi connectivity index (χ3v) is 6.96. The maximum Gasteiger partial charge on any atom is 0.343 e. The van der Waals surface area contributed by atoms with Crippen molar-refractivity contribution in [2.45, 2.75) is 33.2 Å². The van der Waals surface area contributed by atoms with E-state index in [0.29, 0.717) is 59.5 Å². The first-order valence-electron chi connectivity index (χ1n) is 16.0. The lowest BCUT2D eigenvalue weighted by atomic mass is 10.1. The van der Waals surface area contributed by atoms with Gasteiger partial charge in [0.05, 0.1) is 32.0 Å². The van der Waals surface area contributed by atoms with E-state index in [2.05, 4.69) is 13.2 Å².